The Balaban J connectivity index is 2.18. The first kappa shape index (κ1) is 4.13. The van der Waals surface area contributed by atoms with E-state index in [1.165, 1.54) is 13.0 Å². The Morgan fingerprint density at radius 1 is 1.83 bits per heavy atom. The van der Waals surface area contributed by atoms with Gasteiger partial charge in [0.25, 0.3) is 0 Å². The lowest BCUT2D eigenvalue weighted by Crippen LogP contribution is -2.03. The van der Waals surface area contributed by atoms with Crippen LogP contribution in [-0.2, 0) is 0 Å². The van der Waals surface area contributed by atoms with Crippen molar-refractivity contribution in [2.75, 3.05) is 6.54 Å². The summed E-state index contributed by atoms with van der Waals surface area (Å²) in [7, 11) is 0. The Kier molecular flexibility index (Phi) is 1.10. The number of hydrogen-bond donors (Lipinski definition) is 1. The Morgan fingerprint density at radius 3 is 2.83 bits per heavy atom. The predicted molar refractivity (Wildman–Crippen MR) is 26.1 cm³/mol. The van der Waals surface area contributed by atoms with Crippen LogP contribution in [0.3, 0.4) is 0 Å². The Morgan fingerprint density at radius 2 is 2.67 bits per heavy atom. The molecule has 0 bridgehead atoms. The molecule has 0 saturated carbocycles. The van der Waals surface area contributed by atoms with Gasteiger partial charge in [-0.25, -0.2) is 0 Å². The van der Waals surface area contributed by atoms with Gasteiger partial charge in [0.15, 0.2) is 0 Å². The molecule has 1 aliphatic rings. The lowest BCUT2D eigenvalue weighted by Gasteiger charge is -1.90. The molecular formula is C5H10N. The highest BCUT2D eigenvalue weighted by Crippen LogP contribution is 2.06. The van der Waals surface area contributed by atoms with E-state index in [-0.39, 0.29) is 0 Å². The molecule has 1 unspecified atom stereocenters. The minimum Gasteiger partial charge on any atom is -0.312 e. The molecule has 35 valence electrons. The second-order valence-corrected chi connectivity index (χ2v) is 1.95. The largest absolute Gasteiger partial charge is 0.312 e. The number of rotatable bonds is 0. The second-order valence-electron chi connectivity index (χ2n) is 1.95. The molecule has 0 aromatic rings. The molecule has 0 amide bonds. The van der Waals surface area contributed by atoms with E-state index in [2.05, 4.69) is 18.8 Å². The summed E-state index contributed by atoms with van der Waals surface area (Å²) >= 11 is 0. The van der Waals surface area contributed by atoms with Gasteiger partial charge in [0.1, 0.15) is 0 Å². The van der Waals surface area contributed by atoms with Gasteiger partial charge in [-0.15, -0.1) is 0 Å². The molecule has 1 rings (SSSR count). The Labute approximate surface area is 38.7 Å². The summed E-state index contributed by atoms with van der Waals surface area (Å²) in [5.41, 5.74) is 0. The van der Waals surface area contributed by atoms with Crippen LogP contribution in [0.4, 0.5) is 0 Å². The fraction of sp³-hybridized carbons (Fsp3) is 0.800. The summed E-state index contributed by atoms with van der Waals surface area (Å²) in [5, 5.41) is 3.15. The van der Waals surface area contributed by atoms with Crippen LogP contribution in [0.15, 0.2) is 0 Å². The van der Waals surface area contributed by atoms with Gasteiger partial charge in [-0.05, 0) is 18.9 Å². The second kappa shape index (κ2) is 1.61. The van der Waals surface area contributed by atoms with Gasteiger partial charge in [0, 0.05) is 6.54 Å². The normalized spacial score (nSPS) is 34.5. The maximum absolute atomic E-state index is 3.15. The monoisotopic (exact) mass is 84.1 g/mol. The lowest BCUT2D eigenvalue weighted by atomic mass is 10.2. The lowest BCUT2D eigenvalue weighted by molar-refractivity contribution is 0.653. The zero-order valence-corrected chi connectivity index (χ0v) is 4.07. The van der Waals surface area contributed by atoms with E-state index in [4.69, 9.17) is 0 Å². The number of hydrogen-bond acceptors (Lipinski definition) is 1. The molecule has 1 aliphatic heterocycles. The van der Waals surface area contributed by atoms with Gasteiger partial charge >= 0.3 is 0 Å². The zero-order chi connectivity index (χ0) is 4.41. The van der Waals surface area contributed by atoms with Crippen molar-refractivity contribution in [2.24, 2.45) is 5.92 Å². The fourth-order valence-corrected chi connectivity index (χ4v) is 0.652. The van der Waals surface area contributed by atoms with Gasteiger partial charge in [-0.1, -0.05) is 6.92 Å². The topological polar surface area (TPSA) is 12.0 Å². The van der Waals surface area contributed by atoms with E-state index < -0.39 is 0 Å². The van der Waals surface area contributed by atoms with E-state index >= 15 is 0 Å². The highest BCUT2D eigenvalue weighted by atomic mass is 14.9. The van der Waals surface area contributed by atoms with Crippen molar-refractivity contribution < 1.29 is 0 Å². The third-order valence-electron chi connectivity index (χ3n) is 1.13. The van der Waals surface area contributed by atoms with Gasteiger partial charge in [0.05, 0.1) is 0 Å². The Bertz CT molecular complexity index is 37.2. The van der Waals surface area contributed by atoms with Crippen molar-refractivity contribution in [3.05, 3.63) is 6.54 Å². The van der Waals surface area contributed by atoms with Gasteiger partial charge in [0.2, 0.25) is 0 Å². The molecule has 0 aromatic heterocycles. The van der Waals surface area contributed by atoms with Crippen LogP contribution >= 0.6 is 0 Å². The van der Waals surface area contributed by atoms with E-state index in [9.17, 15) is 0 Å². The summed E-state index contributed by atoms with van der Waals surface area (Å²) < 4.78 is 0. The van der Waals surface area contributed by atoms with Crippen LogP contribution in [0.1, 0.15) is 13.3 Å². The molecule has 0 aromatic carbocycles. The molecular weight excluding hydrogens is 74.1 g/mol. The van der Waals surface area contributed by atoms with Crippen molar-refractivity contribution in [1.29, 1.82) is 0 Å². The fourth-order valence-electron chi connectivity index (χ4n) is 0.652. The third kappa shape index (κ3) is 0.716. The van der Waals surface area contributed by atoms with E-state index in [1.807, 2.05) is 0 Å². The molecule has 0 spiro atoms. The van der Waals surface area contributed by atoms with Gasteiger partial charge in [-0.2, -0.15) is 0 Å². The van der Waals surface area contributed by atoms with Crippen LogP contribution in [-0.4, -0.2) is 6.54 Å². The van der Waals surface area contributed by atoms with E-state index in [1.54, 1.807) is 0 Å². The molecule has 1 radical (unpaired) electrons. The number of nitrogens with one attached hydrogen (secondary N) is 1. The standard InChI is InChI=1S/C5H10N/c1-5-2-3-6-4-5/h3,5-6H,2,4H2,1H3. The van der Waals surface area contributed by atoms with E-state index in [0.717, 1.165) is 5.92 Å². The molecule has 1 atom stereocenters. The van der Waals surface area contributed by atoms with Crippen molar-refractivity contribution in [3.8, 4) is 0 Å². The van der Waals surface area contributed by atoms with Gasteiger partial charge < -0.3 is 5.32 Å². The first-order chi connectivity index (χ1) is 2.89. The van der Waals surface area contributed by atoms with Gasteiger partial charge in [-0.3, -0.25) is 0 Å². The maximum Gasteiger partial charge on any atom is 0.0224 e. The molecule has 0 aliphatic carbocycles. The molecule has 6 heavy (non-hydrogen) atoms. The van der Waals surface area contributed by atoms with Crippen molar-refractivity contribution in [1.82, 2.24) is 5.32 Å². The third-order valence-corrected chi connectivity index (χ3v) is 1.13. The first-order valence-electron chi connectivity index (χ1n) is 2.44. The van der Waals surface area contributed by atoms with Crippen molar-refractivity contribution in [3.63, 3.8) is 0 Å². The average Bonchev–Trinajstić information content (AvgIpc) is 1.86. The zero-order valence-electron chi connectivity index (χ0n) is 4.07. The van der Waals surface area contributed by atoms with Crippen LogP contribution < -0.4 is 5.32 Å². The summed E-state index contributed by atoms with van der Waals surface area (Å²) in [5.74, 6) is 0.880. The summed E-state index contributed by atoms with van der Waals surface area (Å²) in [6.07, 6.45) is 1.25. The van der Waals surface area contributed by atoms with Crippen molar-refractivity contribution >= 4 is 0 Å². The van der Waals surface area contributed by atoms with E-state index in [0.29, 0.717) is 0 Å². The molecule has 1 saturated heterocycles. The summed E-state index contributed by atoms with van der Waals surface area (Å²) in [6, 6.07) is 0. The molecule has 1 heteroatoms. The summed E-state index contributed by atoms with van der Waals surface area (Å²) in [6.45, 7) is 5.56. The molecule has 1 heterocycles. The molecule has 1 N–H and O–H groups in total. The highest BCUT2D eigenvalue weighted by molar-refractivity contribution is 4.75. The average molecular weight is 84.1 g/mol. The van der Waals surface area contributed by atoms with Crippen LogP contribution in [0, 0.1) is 12.5 Å². The molecule has 1 nitrogen and oxygen atoms in total. The predicted octanol–water partition coefficient (Wildman–Crippen LogP) is 0.778. The Hall–Kier alpha value is -0.0400. The van der Waals surface area contributed by atoms with Crippen molar-refractivity contribution in [2.45, 2.75) is 13.3 Å². The van der Waals surface area contributed by atoms with Crippen LogP contribution in [0.25, 0.3) is 0 Å². The summed E-state index contributed by atoms with van der Waals surface area (Å²) in [4.78, 5) is 0. The minimum atomic E-state index is 0.880. The molecule has 1 fully saturated rings. The van der Waals surface area contributed by atoms with Crippen LogP contribution in [0.5, 0.6) is 0 Å². The van der Waals surface area contributed by atoms with Crippen LogP contribution in [0.2, 0.25) is 0 Å². The minimum absolute atomic E-state index is 0.880. The SMILES string of the molecule is CC1C[CH]NC1. The smallest absolute Gasteiger partial charge is 0.0224 e. The first-order valence-corrected chi connectivity index (χ1v) is 2.44. The maximum atomic E-state index is 3.15. The highest BCUT2D eigenvalue weighted by Gasteiger charge is 2.06. The quantitative estimate of drug-likeness (QED) is 0.457.